The van der Waals surface area contributed by atoms with Crippen molar-refractivity contribution >= 4 is 39.6 Å². The molecule has 0 atom stereocenters. The molecule has 0 aliphatic heterocycles. The summed E-state index contributed by atoms with van der Waals surface area (Å²) in [5.41, 5.74) is 3.79. The van der Waals surface area contributed by atoms with E-state index in [1.165, 1.54) is 0 Å². The van der Waals surface area contributed by atoms with Crippen LogP contribution >= 0.6 is 0 Å². The maximum Gasteiger partial charge on any atom is 0.246 e. The number of nitrogens with zero attached hydrogens (tertiary/aromatic N) is 2. The Morgan fingerprint density at radius 2 is 1.42 bits per heavy atom. The molecule has 0 saturated heterocycles. The van der Waals surface area contributed by atoms with E-state index in [4.69, 9.17) is 14.1 Å². The highest BCUT2D eigenvalue weighted by molar-refractivity contribution is 6.42. The lowest BCUT2D eigenvalue weighted by Crippen LogP contribution is -2.03. The van der Waals surface area contributed by atoms with Crippen LogP contribution in [0.3, 0.4) is 0 Å². The number of methoxy groups -OCH3 is 1. The second kappa shape index (κ2) is 8.42. The average Bonchev–Trinajstić information content (AvgIpc) is 3.59. The van der Waals surface area contributed by atoms with Gasteiger partial charge in [0.25, 0.3) is 0 Å². The Bertz CT molecular complexity index is 1870. The number of hydrogen-bond acceptors (Lipinski definition) is 5. The van der Waals surface area contributed by atoms with Crippen LogP contribution in [0.4, 0.5) is 0 Å². The van der Waals surface area contributed by atoms with Crippen molar-refractivity contribution in [3.8, 4) is 22.8 Å². The number of rotatable bonds is 4. The SMILES string of the molecule is COc1ccc(-c2cc3c(nc(C=C4C(=O)c5cc6ccccc6cc5C4=O)n3-c3ccccc3)o2)cc1. The van der Waals surface area contributed by atoms with Gasteiger partial charge in [-0.3, -0.25) is 14.2 Å². The highest BCUT2D eigenvalue weighted by atomic mass is 16.5. The van der Waals surface area contributed by atoms with Crippen LogP contribution in [0.25, 0.3) is 45.1 Å². The molecule has 4 aromatic carbocycles. The number of furan rings is 1. The van der Waals surface area contributed by atoms with Crippen molar-refractivity contribution in [1.29, 1.82) is 0 Å². The van der Waals surface area contributed by atoms with Gasteiger partial charge in [-0.05, 0) is 65.4 Å². The van der Waals surface area contributed by atoms with E-state index in [2.05, 4.69) is 0 Å². The second-order valence-electron chi connectivity index (χ2n) is 9.13. The molecule has 2 heterocycles. The van der Waals surface area contributed by atoms with Crippen molar-refractivity contribution in [2.75, 3.05) is 7.11 Å². The Hall–Kier alpha value is -5.23. The van der Waals surface area contributed by atoms with Crippen LogP contribution in [0.2, 0.25) is 0 Å². The number of hydrogen-bond donors (Lipinski definition) is 0. The first-order chi connectivity index (χ1) is 18.6. The normalized spacial score (nSPS) is 12.9. The lowest BCUT2D eigenvalue weighted by molar-refractivity contribution is 0.0990. The third-order valence-corrected chi connectivity index (χ3v) is 6.91. The number of benzene rings is 4. The molecule has 2 aromatic heterocycles. The van der Waals surface area contributed by atoms with Crippen LogP contribution in [0, 0.1) is 0 Å². The van der Waals surface area contributed by atoms with Gasteiger partial charge in [-0.2, -0.15) is 4.98 Å². The van der Waals surface area contributed by atoms with Gasteiger partial charge in [0.05, 0.1) is 12.7 Å². The number of para-hydroxylation sites is 1. The number of imidazole rings is 1. The smallest absolute Gasteiger partial charge is 0.246 e. The van der Waals surface area contributed by atoms with E-state index in [0.717, 1.165) is 33.3 Å². The van der Waals surface area contributed by atoms with E-state index < -0.39 is 0 Å². The Labute approximate surface area is 217 Å². The molecular weight excluding hydrogens is 476 g/mol. The summed E-state index contributed by atoms with van der Waals surface area (Å²) in [6.45, 7) is 0. The minimum atomic E-state index is -0.297. The van der Waals surface area contributed by atoms with Gasteiger partial charge < -0.3 is 9.15 Å². The van der Waals surface area contributed by atoms with E-state index in [1.807, 2.05) is 89.5 Å². The summed E-state index contributed by atoms with van der Waals surface area (Å²) in [6.07, 6.45) is 1.57. The van der Waals surface area contributed by atoms with E-state index in [0.29, 0.717) is 28.4 Å². The zero-order valence-corrected chi connectivity index (χ0v) is 20.3. The summed E-state index contributed by atoms with van der Waals surface area (Å²) in [5, 5.41) is 1.84. The quantitative estimate of drug-likeness (QED) is 0.196. The van der Waals surface area contributed by atoms with Gasteiger partial charge in [-0.25, -0.2) is 0 Å². The molecule has 6 heteroatoms. The van der Waals surface area contributed by atoms with Gasteiger partial charge >= 0.3 is 0 Å². The number of ether oxygens (including phenoxy) is 1. The predicted molar refractivity (Wildman–Crippen MR) is 146 cm³/mol. The molecule has 182 valence electrons. The number of carbonyl (C=O) groups excluding carboxylic acids is 2. The van der Waals surface area contributed by atoms with Crippen molar-refractivity contribution < 1.29 is 18.7 Å². The summed E-state index contributed by atoms with van der Waals surface area (Å²) < 4.78 is 13.3. The summed E-state index contributed by atoms with van der Waals surface area (Å²) in [5.74, 6) is 1.26. The van der Waals surface area contributed by atoms with Crippen molar-refractivity contribution in [3.63, 3.8) is 0 Å². The lowest BCUT2D eigenvalue weighted by atomic mass is 10.0. The first kappa shape index (κ1) is 22.0. The third-order valence-electron chi connectivity index (χ3n) is 6.91. The van der Waals surface area contributed by atoms with Crippen LogP contribution < -0.4 is 4.74 Å². The largest absolute Gasteiger partial charge is 0.497 e. The molecule has 0 radical (unpaired) electrons. The standard InChI is InChI=1S/C32H20N2O4/c1-37-23-13-11-19(12-14-23)28-18-27-32(38-28)33-29(34(27)22-9-3-2-4-10-22)17-26-30(35)24-15-20-7-5-6-8-21(20)16-25(24)31(26)36/h2-18H,1H3. The van der Waals surface area contributed by atoms with E-state index >= 15 is 0 Å². The zero-order chi connectivity index (χ0) is 25.8. The molecule has 7 rings (SSSR count). The minimum absolute atomic E-state index is 0.0931. The molecule has 0 saturated carbocycles. The summed E-state index contributed by atoms with van der Waals surface area (Å²) >= 11 is 0. The van der Waals surface area contributed by atoms with Gasteiger partial charge in [0, 0.05) is 28.4 Å². The van der Waals surface area contributed by atoms with Crippen LogP contribution in [-0.4, -0.2) is 28.2 Å². The number of ketones is 2. The van der Waals surface area contributed by atoms with Crippen molar-refractivity contribution in [2.24, 2.45) is 0 Å². The number of carbonyl (C=O) groups is 2. The Morgan fingerprint density at radius 1 is 0.789 bits per heavy atom. The minimum Gasteiger partial charge on any atom is -0.497 e. The summed E-state index contributed by atoms with van der Waals surface area (Å²) in [6, 6.07) is 30.5. The maximum atomic E-state index is 13.4. The number of Topliss-reactive ketones (excluding diaryl/α,β-unsaturated/α-hetero) is 2. The van der Waals surface area contributed by atoms with Crippen molar-refractivity contribution in [2.45, 2.75) is 0 Å². The first-order valence-electron chi connectivity index (χ1n) is 12.2. The van der Waals surface area contributed by atoms with Crippen molar-refractivity contribution in [1.82, 2.24) is 9.55 Å². The molecule has 0 bridgehead atoms. The predicted octanol–water partition coefficient (Wildman–Crippen LogP) is 6.91. The second-order valence-corrected chi connectivity index (χ2v) is 9.13. The molecule has 0 spiro atoms. The van der Waals surface area contributed by atoms with Crippen LogP contribution in [-0.2, 0) is 0 Å². The average molecular weight is 497 g/mol. The fraction of sp³-hybridized carbons (Fsp3) is 0.0312. The monoisotopic (exact) mass is 496 g/mol. The van der Waals surface area contributed by atoms with Crippen molar-refractivity contribution in [3.05, 3.63) is 120 Å². The Balaban J connectivity index is 1.38. The van der Waals surface area contributed by atoms with E-state index in [1.54, 1.807) is 25.3 Å². The summed E-state index contributed by atoms with van der Waals surface area (Å²) in [4.78, 5) is 31.5. The Morgan fingerprint density at radius 3 is 2.05 bits per heavy atom. The molecule has 1 aliphatic rings. The zero-order valence-electron chi connectivity index (χ0n) is 20.3. The van der Waals surface area contributed by atoms with Crippen LogP contribution in [0.5, 0.6) is 5.75 Å². The molecule has 6 aromatic rings. The Kier molecular flexibility index (Phi) is 4.88. The molecule has 1 aliphatic carbocycles. The number of aromatic nitrogens is 2. The fourth-order valence-electron chi connectivity index (χ4n) is 5.00. The molecule has 0 amide bonds. The maximum absolute atomic E-state index is 13.4. The van der Waals surface area contributed by atoms with E-state index in [-0.39, 0.29) is 17.1 Å². The highest BCUT2D eigenvalue weighted by Crippen LogP contribution is 2.35. The third kappa shape index (κ3) is 3.38. The van der Waals surface area contributed by atoms with Gasteiger partial charge in [-0.15, -0.1) is 0 Å². The first-order valence-corrected chi connectivity index (χ1v) is 12.2. The molecule has 0 fully saturated rings. The molecule has 0 N–H and O–H groups in total. The topological polar surface area (TPSA) is 74.3 Å². The highest BCUT2D eigenvalue weighted by Gasteiger charge is 2.34. The molecule has 6 nitrogen and oxygen atoms in total. The van der Waals surface area contributed by atoms with E-state index in [9.17, 15) is 9.59 Å². The van der Waals surface area contributed by atoms with Crippen LogP contribution in [0.1, 0.15) is 26.5 Å². The number of allylic oxidation sites excluding steroid dienone is 1. The molecule has 0 unspecified atom stereocenters. The van der Waals surface area contributed by atoms with Gasteiger partial charge in [-0.1, -0.05) is 42.5 Å². The van der Waals surface area contributed by atoms with Crippen LogP contribution in [0.15, 0.2) is 107 Å². The van der Waals surface area contributed by atoms with Gasteiger partial charge in [0.15, 0.2) is 11.6 Å². The number of fused-ring (bicyclic) bond motifs is 3. The fourth-order valence-corrected chi connectivity index (χ4v) is 5.00. The molecular formula is C32H20N2O4. The van der Waals surface area contributed by atoms with Gasteiger partial charge in [0.1, 0.15) is 22.9 Å². The summed E-state index contributed by atoms with van der Waals surface area (Å²) in [7, 11) is 1.62. The molecule has 38 heavy (non-hydrogen) atoms. The lowest BCUT2D eigenvalue weighted by Gasteiger charge is -2.06. The van der Waals surface area contributed by atoms with Gasteiger partial charge in [0.2, 0.25) is 5.71 Å².